The molecule has 0 saturated carbocycles. The van der Waals surface area contributed by atoms with Gasteiger partial charge in [0.2, 0.25) is 0 Å². The second-order valence-corrected chi connectivity index (χ2v) is 8.21. The van der Waals surface area contributed by atoms with Gasteiger partial charge in [0.15, 0.2) is 0 Å². The molecule has 4 nitrogen and oxygen atoms in total. The van der Waals surface area contributed by atoms with Crippen LogP contribution in [0.2, 0.25) is 0 Å². The third-order valence-electron chi connectivity index (χ3n) is 6.25. The Balaban J connectivity index is 1.56. The average molecular weight is 443 g/mol. The zero-order valence-electron chi connectivity index (χ0n) is 18.6. The average Bonchev–Trinajstić information content (AvgIpc) is 3.43. The molecule has 0 radical (unpaired) electrons. The number of aromatic hydroxyl groups is 1. The van der Waals surface area contributed by atoms with Crippen molar-refractivity contribution in [2.24, 2.45) is 4.99 Å². The fourth-order valence-electron chi connectivity index (χ4n) is 4.66. The lowest BCUT2D eigenvalue weighted by molar-refractivity contribution is 0.414. The van der Waals surface area contributed by atoms with Crippen LogP contribution < -0.4 is 4.74 Å². The third kappa shape index (κ3) is 3.20. The van der Waals surface area contributed by atoms with Crippen LogP contribution in [-0.4, -0.2) is 22.9 Å². The standard InChI is InChI=1S/C30H22N2O2/c1-34-28-17-9-7-15-24(28)30-22-13-5-3-11-20(22)26(32-30)18-25-19-10-2-4-12-21(19)29(31-25)23-14-6-8-16-27(23)33/h2-18,31,33H,1H3. The first-order valence-corrected chi connectivity index (χ1v) is 11.2. The Morgan fingerprint density at radius 3 is 2.09 bits per heavy atom. The fourth-order valence-corrected chi connectivity index (χ4v) is 4.66. The summed E-state index contributed by atoms with van der Waals surface area (Å²) in [5.41, 5.74) is 7.51. The second-order valence-electron chi connectivity index (χ2n) is 8.21. The Labute approximate surface area is 197 Å². The molecule has 2 N–H and O–H groups in total. The van der Waals surface area contributed by atoms with Crippen molar-refractivity contribution in [1.29, 1.82) is 0 Å². The molecule has 164 valence electrons. The highest BCUT2D eigenvalue weighted by molar-refractivity contribution is 6.23. The van der Waals surface area contributed by atoms with Gasteiger partial charge in [0.25, 0.3) is 0 Å². The van der Waals surface area contributed by atoms with Gasteiger partial charge < -0.3 is 14.8 Å². The normalized spacial score (nSPS) is 13.8. The number of aromatic amines is 1. The van der Waals surface area contributed by atoms with Gasteiger partial charge in [-0.15, -0.1) is 0 Å². The summed E-state index contributed by atoms with van der Waals surface area (Å²) in [6.45, 7) is 0. The van der Waals surface area contributed by atoms with E-state index in [-0.39, 0.29) is 5.75 Å². The van der Waals surface area contributed by atoms with Crippen molar-refractivity contribution >= 4 is 28.3 Å². The minimum Gasteiger partial charge on any atom is -0.507 e. The molecule has 0 aliphatic carbocycles. The maximum Gasteiger partial charge on any atom is 0.128 e. The molecule has 0 amide bonds. The SMILES string of the molecule is COc1ccccc1C1=NC(=Cc2[nH]c(-c3ccccc3O)c3ccccc23)c2ccccc21. The van der Waals surface area contributed by atoms with Crippen LogP contribution in [0.3, 0.4) is 0 Å². The molecule has 0 bridgehead atoms. The van der Waals surface area contributed by atoms with Crippen molar-refractivity contribution in [2.45, 2.75) is 0 Å². The van der Waals surface area contributed by atoms with Gasteiger partial charge in [-0.1, -0.05) is 72.8 Å². The zero-order valence-corrected chi connectivity index (χ0v) is 18.6. The number of fused-ring (bicyclic) bond motifs is 2. The van der Waals surface area contributed by atoms with Crippen molar-refractivity contribution in [3.63, 3.8) is 0 Å². The van der Waals surface area contributed by atoms with Crippen LogP contribution >= 0.6 is 0 Å². The molecule has 4 aromatic carbocycles. The van der Waals surface area contributed by atoms with E-state index in [1.165, 1.54) is 0 Å². The van der Waals surface area contributed by atoms with E-state index in [0.29, 0.717) is 0 Å². The molecule has 0 spiro atoms. The number of H-pyrrole nitrogens is 1. The van der Waals surface area contributed by atoms with E-state index in [2.05, 4.69) is 35.3 Å². The number of rotatable bonds is 4. The lowest BCUT2D eigenvalue weighted by Gasteiger charge is -2.08. The van der Waals surface area contributed by atoms with Crippen molar-refractivity contribution in [3.8, 4) is 22.8 Å². The van der Waals surface area contributed by atoms with Gasteiger partial charge in [-0.25, -0.2) is 4.99 Å². The predicted molar refractivity (Wildman–Crippen MR) is 138 cm³/mol. The van der Waals surface area contributed by atoms with E-state index in [0.717, 1.165) is 61.6 Å². The quantitative estimate of drug-likeness (QED) is 0.318. The van der Waals surface area contributed by atoms with Crippen LogP contribution in [0.15, 0.2) is 102 Å². The molecule has 1 aliphatic heterocycles. The van der Waals surface area contributed by atoms with Crippen LogP contribution in [0.1, 0.15) is 22.4 Å². The number of phenolic OH excluding ortho intramolecular Hbond substituents is 1. The lowest BCUT2D eigenvalue weighted by atomic mass is 9.98. The van der Waals surface area contributed by atoms with Crippen LogP contribution in [0.4, 0.5) is 0 Å². The maximum absolute atomic E-state index is 10.5. The Morgan fingerprint density at radius 2 is 1.32 bits per heavy atom. The van der Waals surface area contributed by atoms with Gasteiger partial charge in [-0.05, 0) is 30.3 Å². The van der Waals surface area contributed by atoms with Gasteiger partial charge >= 0.3 is 0 Å². The molecular weight excluding hydrogens is 420 g/mol. The smallest absolute Gasteiger partial charge is 0.128 e. The molecule has 0 atom stereocenters. The molecule has 4 heteroatoms. The van der Waals surface area contributed by atoms with E-state index >= 15 is 0 Å². The van der Waals surface area contributed by atoms with Gasteiger partial charge in [0.1, 0.15) is 11.5 Å². The summed E-state index contributed by atoms with van der Waals surface area (Å²) in [7, 11) is 1.68. The van der Waals surface area contributed by atoms with Gasteiger partial charge in [0.05, 0.1) is 24.2 Å². The van der Waals surface area contributed by atoms with E-state index in [4.69, 9.17) is 9.73 Å². The number of aliphatic imine (C=N–C) groups is 1. The molecule has 0 saturated heterocycles. The predicted octanol–water partition coefficient (Wildman–Crippen LogP) is 6.90. The van der Waals surface area contributed by atoms with Gasteiger partial charge in [-0.3, -0.25) is 0 Å². The van der Waals surface area contributed by atoms with Crippen LogP contribution in [-0.2, 0) is 0 Å². The van der Waals surface area contributed by atoms with E-state index in [1.807, 2.05) is 66.7 Å². The van der Waals surface area contributed by atoms with E-state index in [1.54, 1.807) is 13.2 Å². The highest BCUT2D eigenvalue weighted by Gasteiger charge is 2.24. The third-order valence-corrected chi connectivity index (χ3v) is 6.25. The Morgan fingerprint density at radius 1 is 0.706 bits per heavy atom. The van der Waals surface area contributed by atoms with Crippen LogP contribution in [0.25, 0.3) is 33.8 Å². The zero-order chi connectivity index (χ0) is 23.1. The number of nitrogens with zero attached hydrogens (tertiary/aromatic N) is 1. The van der Waals surface area contributed by atoms with Gasteiger partial charge in [0, 0.05) is 38.7 Å². The largest absolute Gasteiger partial charge is 0.507 e. The number of para-hydroxylation sites is 2. The number of hydrogen-bond acceptors (Lipinski definition) is 3. The summed E-state index contributed by atoms with van der Waals surface area (Å²) < 4.78 is 5.62. The van der Waals surface area contributed by atoms with Gasteiger partial charge in [-0.2, -0.15) is 0 Å². The highest BCUT2D eigenvalue weighted by atomic mass is 16.5. The number of nitrogens with one attached hydrogen (secondary N) is 1. The first-order valence-electron chi connectivity index (χ1n) is 11.2. The van der Waals surface area contributed by atoms with E-state index < -0.39 is 0 Å². The Hall–Kier alpha value is -4.57. The maximum atomic E-state index is 10.5. The molecule has 2 heterocycles. The van der Waals surface area contributed by atoms with Crippen molar-refractivity contribution < 1.29 is 9.84 Å². The molecule has 34 heavy (non-hydrogen) atoms. The number of ether oxygens (including phenoxy) is 1. The van der Waals surface area contributed by atoms with Crippen LogP contribution in [0, 0.1) is 0 Å². The number of hydrogen-bond donors (Lipinski definition) is 2. The fraction of sp³-hybridized carbons (Fsp3) is 0.0333. The molecule has 1 aliphatic rings. The summed E-state index contributed by atoms with van der Waals surface area (Å²) in [6.07, 6.45) is 2.09. The molecule has 1 aromatic heterocycles. The molecular formula is C30H22N2O2. The molecule has 5 aromatic rings. The number of benzene rings is 4. The van der Waals surface area contributed by atoms with E-state index in [9.17, 15) is 5.11 Å². The van der Waals surface area contributed by atoms with Crippen LogP contribution in [0.5, 0.6) is 11.5 Å². The van der Waals surface area contributed by atoms with Crippen molar-refractivity contribution in [2.75, 3.05) is 7.11 Å². The number of phenols is 1. The summed E-state index contributed by atoms with van der Waals surface area (Å²) in [6, 6.07) is 31.8. The summed E-state index contributed by atoms with van der Waals surface area (Å²) in [4.78, 5) is 8.62. The Kier molecular flexibility index (Phi) is 4.77. The summed E-state index contributed by atoms with van der Waals surface area (Å²) in [5.74, 6) is 1.04. The minimum absolute atomic E-state index is 0.247. The summed E-state index contributed by atoms with van der Waals surface area (Å²) in [5, 5.41) is 12.6. The monoisotopic (exact) mass is 442 g/mol. The van der Waals surface area contributed by atoms with Crippen molar-refractivity contribution in [3.05, 3.63) is 119 Å². The number of methoxy groups -OCH3 is 1. The van der Waals surface area contributed by atoms with Crippen molar-refractivity contribution in [1.82, 2.24) is 4.98 Å². The first-order chi connectivity index (χ1) is 16.7. The summed E-state index contributed by atoms with van der Waals surface area (Å²) >= 11 is 0. The first kappa shape index (κ1) is 20.1. The molecule has 0 unspecified atom stereocenters. The highest BCUT2D eigenvalue weighted by Crippen LogP contribution is 2.39. The second kappa shape index (κ2) is 8.09. The minimum atomic E-state index is 0.247. The molecule has 6 rings (SSSR count). The molecule has 0 fully saturated rings. The Bertz CT molecular complexity index is 1610. The number of aromatic nitrogens is 1. The lowest BCUT2D eigenvalue weighted by Crippen LogP contribution is -2.03. The topological polar surface area (TPSA) is 57.6 Å².